The summed E-state index contributed by atoms with van der Waals surface area (Å²) in [4.78, 5) is 4.12. The van der Waals surface area contributed by atoms with Gasteiger partial charge in [-0.25, -0.2) is 4.98 Å². The van der Waals surface area contributed by atoms with Crippen LogP contribution in [0.4, 0.5) is 11.5 Å². The highest BCUT2D eigenvalue weighted by atomic mass is 79.9. The Morgan fingerprint density at radius 3 is 2.82 bits per heavy atom. The largest absolute Gasteiger partial charge is 0.340 e. The minimum atomic E-state index is 0.378. The predicted molar refractivity (Wildman–Crippen MR) is 71.4 cm³/mol. The van der Waals surface area contributed by atoms with E-state index in [1.807, 2.05) is 18.2 Å². The molecule has 1 aromatic heterocycles. The maximum absolute atomic E-state index is 8.74. The van der Waals surface area contributed by atoms with Gasteiger partial charge in [0.1, 0.15) is 17.6 Å². The van der Waals surface area contributed by atoms with Crippen LogP contribution in [0.1, 0.15) is 5.69 Å². The van der Waals surface area contributed by atoms with E-state index in [-0.39, 0.29) is 0 Å². The third-order valence-electron chi connectivity index (χ3n) is 2.06. The van der Waals surface area contributed by atoms with Crippen LogP contribution in [0.5, 0.6) is 0 Å². The molecule has 0 aliphatic rings. The van der Waals surface area contributed by atoms with Gasteiger partial charge >= 0.3 is 0 Å². The van der Waals surface area contributed by atoms with E-state index in [0.717, 1.165) is 10.2 Å². The van der Waals surface area contributed by atoms with E-state index in [1.54, 1.807) is 24.3 Å². The summed E-state index contributed by atoms with van der Waals surface area (Å²) in [7, 11) is 0. The normalized spacial score (nSPS) is 9.71. The number of anilines is 2. The summed E-state index contributed by atoms with van der Waals surface area (Å²) >= 11 is 9.24. The second-order valence-corrected chi connectivity index (χ2v) is 4.54. The molecule has 0 amide bonds. The van der Waals surface area contributed by atoms with Gasteiger partial charge in [-0.15, -0.1) is 0 Å². The van der Waals surface area contributed by atoms with E-state index in [4.69, 9.17) is 16.9 Å². The number of benzene rings is 1. The molecule has 0 aliphatic heterocycles. The van der Waals surface area contributed by atoms with Crippen molar-refractivity contribution in [3.8, 4) is 6.07 Å². The molecule has 0 spiro atoms. The minimum absolute atomic E-state index is 0.378. The van der Waals surface area contributed by atoms with Crippen molar-refractivity contribution in [3.63, 3.8) is 0 Å². The number of halogens is 2. The molecular weight excluding hydrogens is 302 g/mol. The zero-order valence-corrected chi connectivity index (χ0v) is 11.0. The molecule has 0 radical (unpaired) electrons. The van der Waals surface area contributed by atoms with Crippen LogP contribution in [0.3, 0.4) is 0 Å². The van der Waals surface area contributed by atoms with Crippen molar-refractivity contribution in [1.29, 1.82) is 5.26 Å². The Balaban J connectivity index is 2.25. The Kier molecular flexibility index (Phi) is 3.62. The molecule has 17 heavy (non-hydrogen) atoms. The molecule has 0 unspecified atom stereocenters. The van der Waals surface area contributed by atoms with Gasteiger partial charge in [0.25, 0.3) is 0 Å². The molecular formula is C12H7BrClN3. The fraction of sp³-hybridized carbons (Fsp3) is 0. The Hall–Kier alpha value is -1.57. The van der Waals surface area contributed by atoms with Crippen molar-refractivity contribution >= 4 is 39.0 Å². The zero-order valence-electron chi connectivity index (χ0n) is 8.61. The monoisotopic (exact) mass is 307 g/mol. The Morgan fingerprint density at radius 1 is 1.29 bits per heavy atom. The number of pyridine rings is 1. The Bertz CT molecular complexity index is 593. The molecule has 2 aromatic rings. The number of rotatable bonds is 2. The fourth-order valence-corrected chi connectivity index (χ4v) is 1.78. The fourth-order valence-electron chi connectivity index (χ4n) is 1.29. The molecule has 0 fully saturated rings. The molecule has 0 saturated heterocycles. The quantitative estimate of drug-likeness (QED) is 0.908. The summed E-state index contributed by atoms with van der Waals surface area (Å²) in [5.74, 6) is 0.623. The summed E-state index contributed by atoms with van der Waals surface area (Å²) in [5.41, 5.74) is 1.23. The average Bonchev–Trinajstić information content (AvgIpc) is 2.34. The van der Waals surface area contributed by atoms with Gasteiger partial charge in [0.2, 0.25) is 0 Å². The van der Waals surface area contributed by atoms with E-state index < -0.39 is 0 Å². The number of nitriles is 1. The smallest absolute Gasteiger partial charge is 0.142 e. The van der Waals surface area contributed by atoms with Gasteiger partial charge in [0, 0.05) is 10.2 Å². The van der Waals surface area contributed by atoms with Crippen LogP contribution in [-0.4, -0.2) is 4.98 Å². The van der Waals surface area contributed by atoms with Crippen LogP contribution in [0.25, 0.3) is 0 Å². The first-order valence-electron chi connectivity index (χ1n) is 4.78. The highest BCUT2D eigenvalue weighted by Gasteiger charge is 2.01. The van der Waals surface area contributed by atoms with E-state index in [1.165, 1.54) is 0 Å². The van der Waals surface area contributed by atoms with Gasteiger partial charge < -0.3 is 5.32 Å². The lowest BCUT2D eigenvalue weighted by Crippen LogP contribution is -1.94. The van der Waals surface area contributed by atoms with E-state index in [0.29, 0.717) is 16.5 Å². The number of nitrogens with zero attached hydrogens (tertiary/aromatic N) is 2. The lowest BCUT2D eigenvalue weighted by molar-refractivity contribution is 1.25. The maximum atomic E-state index is 8.74. The molecule has 0 aliphatic carbocycles. The van der Waals surface area contributed by atoms with Gasteiger partial charge in [0.05, 0.1) is 5.02 Å². The van der Waals surface area contributed by atoms with Crippen LogP contribution < -0.4 is 5.32 Å². The molecule has 0 bridgehead atoms. The number of hydrogen-bond acceptors (Lipinski definition) is 3. The van der Waals surface area contributed by atoms with Gasteiger partial charge in [0.15, 0.2) is 0 Å². The lowest BCUT2D eigenvalue weighted by Gasteiger charge is -2.06. The standard InChI is InChI=1S/C12H7BrClN3/c13-10-6-8(4-5-11(10)14)16-12-3-1-2-9(7-15)17-12/h1-6H,(H,16,17). The first-order valence-corrected chi connectivity index (χ1v) is 5.95. The van der Waals surface area contributed by atoms with Crippen LogP contribution in [0, 0.1) is 11.3 Å². The number of aromatic nitrogens is 1. The van der Waals surface area contributed by atoms with E-state index >= 15 is 0 Å². The van der Waals surface area contributed by atoms with Gasteiger partial charge in [-0.3, -0.25) is 0 Å². The molecule has 1 heterocycles. The van der Waals surface area contributed by atoms with Gasteiger partial charge in [-0.1, -0.05) is 17.7 Å². The molecule has 1 N–H and O–H groups in total. The van der Waals surface area contributed by atoms with Crippen molar-refractivity contribution in [2.75, 3.05) is 5.32 Å². The van der Waals surface area contributed by atoms with Gasteiger partial charge in [-0.05, 0) is 46.3 Å². The molecule has 5 heteroatoms. The topological polar surface area (TPSA) is 48.7 Å². The Labute approximate surface area is 112 Å². The van der Waals surface area contributed by atoms with Crippen LogP contribution in [0.2, 0.25) is 5.02 Å². The summed E-state index contributed by atoms with van der Waals surface area (Å²) in [6.45, 7) is 0. The summed E-state index contributed by atoms with van der Waals surface area (Å²) in [6.07, 6.45) is 0. The van der Waals surface area contributed by atoms with Crippen molar-refractivity contribution in [1.82, 2.24) is 4.98 Å². The van der Waals surface area contributed by atoms with Crippen molar-refractivity contribution in [3.05, 3.63) is 51.6 Å². The second kappa shape index (κ2) is 5.17. The molecule has 0 atom stereocenters. The molecule has 3 nitrogen and oxygen atoms in total. The zero-order chi connectivity index (χ0) is 12.3. The van der Waals surface area contributed by atoms with E-state index in [2.05, 4.69) is 26.2 Å². The SMILES string of the molecule is N#Cc1cccc(Nc2ccc(Cl)c(Br)c2)n1. The van der Waals surface area contributed by atoms with Crippen LogP contribution in [0.15, 0.2) is 40.9 Å². The first kappa shape index (κ1) is 11.9. The summed E-state index contributed by atoms with van der Waals surface area (Å²) in [6, 6.07) is 12.7. The highest BCUT2D eigenvalue weighted by molar-refractivity contribution is 9.10. The van der Waals surface area contributed by atoms with Gasteiger partial charge in [-0.2, -0.15) is 5.26 Å². The highest BCUT2D eigenvalue weighted by Crippen LogP contribution is 2.26. The third kappa shape index (κ3) is 2.96. The Morgan fingerprint density at radius 2 is 2.12 bits per heavy atom. The van der Waals surface area contributed by atoms with Crippen LogP contribution >= 0.6 is 27.5 Å². The summed E-state index contributed by atoms with van der Waals surface area (Å²) < 4.78 is 0.806. The molecule has 1 aromatic carbocycles. The minimum Gasteiger partial charge on any atom is -0.340 e. The number of nitrogens with one attached hydrogen (secondary N) is 1. The second-order valence-electron chi connectivity index (χ2n) is 3.27. The van der Waals surface area contributed by atoms with Crippen molar-refractivity contribution in [2.24, 2.45) is 0 Å². The third-order valence-corrected chi connectivity index (χ3v) is 3.27. The molecule has 84 valence electrons. The van der Waals surface area contributed by atoms with Crippen LogP contribution in [-0.2, 0) is 0 Å². The lowest BCUT2D eigenvalue weighted by atomic mass is 10.3. The first-order chi connectivity index (χ1) is 8.19. The molecule has 2 rings (SSSR count). The predicted octanol–water partition coefficient (Wildman–Crippen LogP) is 4.11. The maximum Gasteiger partial charge on any atom is 0.142 e. The van der Waals surface area contributed by atoms with Crippen molar-refractivity contribution in [2.45, 2.75) is 0 Å². The summed E-state index contributed by atoms with van der Waals surface area (Å²) in [5, 5.41) is 12.5. The molecule has 0 saturated carbocycles. The number of hydrogen-bond donors (Lipinski definition) is 1. The van der Waals surface area contributed by atoms with E-state index in [9.17, 15) is 0 Å². The average molecular weight is 309 g/mol. The van der Waals surface area contributed by atoms with Crippen molar-refractivity contribution < 1.29 is 0 Å².